The van der Waals surface area contributed by atoms with Gasteiger partial charge in [-0.1, -0.05) is 13.0 Å². The number of carbonyl (C=O) groups excluding carboxylic acids is 1. The molecule has 0 saturated carbocycles. The third-order valence-electron chi connectivity index (χ3n) is 3.02. The van der Waals surface area contributed by atoms with Gasteiger partial charge in [-0.05, 0) is 40.5 Å². The summed E-state index contributed by atoms with van der Waals surface area (Å²) < 4.78 is 7.38. The molecule has 1 aromatic carbocycles. The molecule has 1 aromatic heterocycles. The van der Waals surface area contributed by atoms with E-state index in [-0.39, 0.29) is 5.69 Å². The molecule has 2 N–H and O–H groups in total. The predicted octanol–water partition coefficient (Wildman–Crippen LogP) is 2.87. The van der Waals surface area contributed by atoms with Crippen LogP contribution in [0, 0.1) is 6.92 Å². The Hall–Kier alpha value is -1.82. The molecule has 0 bridgehead atoms. The summed E-state index contributed by atoms with van der Waals surface area (Å²) in [6.07, 6.45) is 0.654. The Morgan fingerprint density at radius 2 is 2.20 bits per heavy atom. The fourth-order valence-electron chi connectivity index (χ4n) is 2.03. The van der Waals surface area contributed by atoms with Gasteiger partial charge in [0.05, 0.1) is 12.8 Å². The Morgan fingerprint density at radius 1 is 1.50 bits per heavy atom. The fraction of sp³-hybridized carbons (Fsp3) is 0.286. The number of anilines is 1. The summed E-state index contributed by atoms with van der Waals surface area (Å²) in [6, 6.07) is 5.93. The van der Waals surface area contributed by atoms with Gasteiger partial charge in [-0.15, -0.1) is 0 Å². The van der Waals surface area contributed by atoms with E-state index in [9.17, 15) is 4.79 Å². The molecule has 0 spiro atoms. The lowest BCUT2D eigenvalue weighted by Crippen LogP contribution is -2.08. The summed E-state index contributed by atoms with van der Waals surface area (Å²) in [7, 11) is 1.31. The van der Waals surface area contributed by atoms with Crippen LogP contribution in [0.5, 0.6) is 0 Å². The van der Waals surface area contributed by atoms with Crippen LogP contribution in [-0.4, -0.2) is 22.6 Å². The van der Waals surface area contributed by atoms with Crippen molar-refractivity contribution >= 4 is 27.7 Å². The summed E-state index contributed by atoms with van der Waals surface area (Å²) in [5.74, 6) is 0.480. The average molecular weight is 338 g/mol. The van der Waals surface area contributed by atoms with E-state index in [2.05, 4.69) is 20.9 Å². The zero-order chi connectivity index (χ0) is 14.9. The monoisotopic (exact) mass is 337 g/mol. The number of aromatic nitrogens is 2. The molecule has 0 aliphatic carbocycles. The van der Waals surface area contributed by atoms with Crippen LogP contribution in [0.15, 0.2) is 22.7 Å². The first kappa shape index (κ1) is 14.6. The molecule has 0 aliphatic heterocycles. The van der Waals surface area contributed by atoms with Gasteiger partial charge in [0.15, 0.2) is 5.69 Å². The largest absolute Gasteiger partial charge is 0.464 e. The third-order valence-corrected chi connectivity index (χ3v) is 3.69. The third kappa shape index (κ3) is 2.43. The minimum atomic E-state index is -0.528. The first-order valence-corrected chi connectivity index (χ1v) is 7.00. The zero-order valence-corrected chi connectivity index (χ0v) is 13.2. The molecule has 1 heterocycles. The number of ether oxygens (including phenoxy) is 1. The number of aryl methyl sites for hydroxylation is 2. The van der Waals surface area contributed by atoms with Gasteiger partial charge in [0.25, 0.3) is 0 Å². The van der Waals surface area contributed by atoms with Gasteiger partial charge in [0, 0.05) is 10.9 Å². The van der Waals surface area contributed by atoms with Gasteiger partial charge >= 0.3 is 5.97 Å². The normalized spacial score (nSPS) is 10.6. The van der Waals surface area contributed by atoms with Crippen molar-refractivity contribution in [3.05, 3.63) is 39.8 Å². The van der Waals surface area contributed by atoms with E-state index < -0.39 is 5.97 Å². The van der Waals surface area contributed by atoms with Gasteiger partial charge in [0.2, 0.25) is 0 Å². The smallest absolute Gasteiger partial charge is 0.360 e. The van der Waals surface area contributed by atoms with Crippen molar-refractivity contribution < 1.29 is 9.53 Å². The number of rotatable bonds is 3. The van der Waals surface area contributed by atoms with Crippen molar-refractivity contribution in [2.45, 2.75) is 20.3 Å². The number of halogens is 1. The molecule has 0 radical (unpaired) electrons. The van der Waals surface area contributed by atoms with Crippen LogP contribution in [0.2, 0.25) is 0 Å². The van der Waals surface area contributed by atoms with Crippen LogP contribution < -0.4 is 5.73 Å². The number of hydrogen-bond acceptors (Lipinski definition) is 4. The molecule has 2 rings (SSSR count). The van der Waals surface area contributed by atoms with Crippen molar-refractivity contribution in [3.8, 4) is 5.69 Å². The summed E-state index contributed by atoms with van der Waals surface area (Å²) in [6.45, 7) is 3.96. The lowest BCUT2D eigenvalue weighted by molar-refractivity contribution is 0.0596. The molecule has 5 nitrogen and oxygen atoms in total. The number of esters is 1. The van der Waals surface area contributed by atoms with E-state index in [0.717, 1.165) is 15.7 Å². The molecule has 0 atom stereocenters. The Labute approximate surface area is 125 Å². The summed E-state index contributed by atoms with van der Waals surface area (Å²) >= 11 is 3.51. The predicted molar refractivity (Wildman–Crippen MR) is 81.1 cm³/mol. The molecular formula is C14H16BrN3O2. The SMILES string of the molecule is CCc1nc(C(=O)OC)c(N)n1-c1cc(C)ccc1Br. The molecule has 20 heavy (non-hydrogen) atoms. The highest BCUT2D eigenvalue weighted by molar-refractivity contribution is 9.10. The number of imidazole rings is 1. The van der Waals surface area contributed by atoms with Crippen LogP contribution in [-0.2, 0) is 11.2 Å². The van der Waals surface area contributed by atoms with Gasteiger partial charge in [-0.2, -0.15) is 0 Å². The summed E-state index contributed by atoms with van der Waals surface area (Å²) in [4.78, 5) is 16.0. The van der Waals surface area contributed by atoms with Crippen molar-refractivity contribution in [2.75, 3.05) is 12.8 Å². The Balaban J connectivity index is 2.70. The van der Waals surface area contributed by atoms with Crippen LogP contribution in [0.25, 0.3) is 5.69 Å². The molecular weight excluding hydrogens is 322 g/mol. The fourth-order valence-corrected chi connectivity index (χ4v) is 2.45. The summed E-state index contributed by atoms with van der Waals surface area (Å²) in [5, 5.41) is 0. The lowest BCUT2D eigenvalue weighted by Gasteiger charge is -2.12. The molecule has 0 fully saturated rings. The van der Waals surface area contributed by atoms with E-state index in [0.29, 0.717) is 18.1 Å². The van der Waals surface area contributed by atoms with Crippen molar-refractivity contribution in [1.29, 1.82) is 0 Å². The first-order chi connectivity index (χ1) is 9.49. The highest BCUT2D eigenvalue weighted by Crippen LogP contribution is 2.28. The number of nitrogens with two attached hydrogens (primary N) is 1. The first-order valence-electron chi connectivity index (χ1n) is 6.21. The zero-order valence-electron chi connectivity index (χ0n) is 11.6. The minimum absolute atomic E-state index is 0.151. The van der Waals surface area contributed by atoms with Gasteiger partial charge in [0.1, 0.15) is 11.6 Å². The van der Waals surface area contributed by atoms with Crippen LogP contribution in [0.3, 0.4) is 0 Å². The highest BCUT2D eigenvalue weighted by atomic mass is 79.9. The Kier molecular flexibility index (Phi) is 4.13. The second-order valence-corrected chi connectivity index (χ2v) is 5.25. The van der Waals surface area contributed by atoms with E-state index in [4.69, 9.17) is 10.5 Å². The van der Waals surface area contributed by atoms with E-state index in [1.165, 1.54) is 7.11 Å². The maximum absolute atomic E-state index is 11.7. The Bertz CT molecular complexity index is 665. The molecule has 0 aliphatic rings. The van der Waals surface area contributed by atoms with Crippen LogP contribution >= 0.6 is 15.9 Å². The van der Waals surface area contributed by atoms with Crippen LogP contribution in [0.4, 0.5) is 5.82 Å². The second kappa shape index (κ2) is 5.66. The number of nitrogen functional groups attached to an aromatic ring is 1. The number of benzene rings is 1. The maximum atomic E-state index is 11.7. The Morgan fingerprint density at radius 3 is 2.80 bits per heavy atom. The second-order valence-electron chi connectivity index (χ2n) is 4.40. The molecule has 0 amide bonds. The van der Waals surface area contributed by atoms with Gasteiger partial charge < -0.3 is 10.5 Å². The summed E-state index contributed by atoms with van der Waals surface area (Å²) in [5.41, 5.74) is 8.19. The topological polar surface area (TPSA) is 70.1 Å². The van der Waals surface area contributed by atoms with E-state index >= 15 is 0 Å². The number of methoxy groups -OCH3 is 1. The molecule has 0 unspecified atom stereocenters. The number of hydrogen-bond donors (Lipinski definition) is 1. The number of nitrogens with zero attached hydrogens (tertiary/aromatic N) is 2. The van der Waals surface area contributed by atoms with Gasteiger partial charge in [-0.25, -0.2) is 9.78 Å². The van der Waals surface area contributed by atoms with Crippen molar-refractivity contribution in [3.63, 3.8) is 0 Å². The van der Waals surface area contributed by atoms with Gasteiger partial charge in [-0.3, -0.25) is 4.57 Å². The van der Waals surface area contributed by atoms with Crippen molar-refractivity contribution in [2.24, 2.45) is 0 Å². The molecule has 106 valence electrons. The maximum Gasteiger partial charge on any atom is 0.360 e. The quantitative estimate of drug-likeness (QED) is 0.874. The molecule has 2 aromatic rings. The van der Waals surface area contributed by atoms with E-state index in [1.807, 2.05) is 32.0 Å². The molecule has 0 saturated heterocycles. The highest BCUT2D eigenvalue weighted by Gasteiger charge is 2.22. The number of carbonyl (C=O) groups is 1. The lowest BCUT2D eigenvalue weighted by atomic mass is 10.2. The minimum Gasteiger partial charge on any atom is -0.464 e. The average Bonchev–Trinajstić information content (AvgIpc) is 2.77. The van der Waals surface area contributed by atoms with Crippen LogP contribution in [0.1, 0.15) is 28.8 Å². The molecule has 6 heteroatoms. The van der Waals surface area contributed by atoms with E-state index in [1.54, 1.807) is 4.57 Å². The van der Waals surface area contributed by atoms with Crippen molar-refractivity contribution in [1.82, 2.24) is 9.55 Å². The standard InChI is InChI=1S/C14H16BrN3O2/c1-4-11-17-12(14(19)20-3)13(16)18(11)10-7-8(2)5-6-9(10)15/h5-7H,4,16H2,1-3H3.